The minimum Gasteiger partial charge on any atom is -0.378 e. The number of thioether (sulfide) groups is 1. The Bertz CT molecular complexity index is 1410. The molecular formula is C20H15N9O2S2. The van der Waals surface area contributed by atoms with E-state index in [-0.39, 0.29) is 17.3 Å². The van der Waals surface area contributed by atoms with Gasteiger partial charge in [-0.2, -0.15) is 9.78 Å². The molecule has 0 saturated carbocycles. The van der Waals surface area contributed by atoms with Gasteiger partial charge in [0, 0.05) is 5.75 Å². The quantitative estimate of drug-likeness (QED) is 0.205. The molecule has 0 spiro atoms. The summed E-state index contributed by atoms with van der Waals surface area (Å²) >= 11 is 3.00. The first-order valence-electron chi connectivity index (χ1n) is 9.59. The molecule has 0 atom stereocenters. The third kappa shape index (κ3) is 4.44. The van der Waals surface area contributed by atoms with Gasteiger partial charge in [0.05, 0.1) is 22.1 Å². The molecule has 11 nitrogen and oxygen atoms in total. The number of nitrogens with two attached hydrogens (primary N) is 1. The Balaban J connectivity index is 1.41. The number of nitrogen functional groups attached to an aromatic ring is 1. The molecule has 5 aromatic rings. The van der Waals surface area contributed by atoms with Crippen LogP contribution in [0.3, 0.4) is 0 Å². The number of carbonyl (C=O) groups excluding carboxylic acids is 1. The van der Waals surface area contributed by atoms with Gasteiger partial charge in [0.2, 0.25) is 11.6 Å². The number of aromatic nitrogens is 6. The number of fused-ring (bicyclic) bond motifs is 1. The largest absolute Gasteiger partial charge is 0.378 e. The van der Waals surface area contributed by atoms with Crippen molar-refractivity contribution < 1.29 is 9.42 Å². The maximum absolute atomic E-state index is 12.8. The number of nitrogens with one attached hydrogen (secondary N) is 1. The Kier molecular flexibility index (Phi) is 5.78. The van der Waals surface area contributed by atoms with Crippen LogP contribution < -0.4 is 11.2 Å². The molecule has 2 aromatic carbocycles. The lowest BCUT2D eigenvalue weighted by Crippen LogP contribution is -2.20. The summed E-state index contributed by atoms with van der Waals surface area (Å²) in [6.07, 6.45) is 1.54. The molecule has 33 heavy (non-hydrogen) atoms. The van der Waals surface area contributed by atoms with E-state index in [9.17, 15) is 4.79 Å². The standard InChI is InChI=1S/C20H15N9O2S2/c21-17-18(27-31-26-17)29-14(11-32-20-23-13-8-4-5-9-15(13)33-20)16(24-28-29)19(30)25-22-10-12-6-2-1-3-7-12/h1-10H,11H2,(H2,21,26)(H,25,30)/b22-10-. The van der Waals surface area contributed by atoms with Crippen LogP contribution in [-0.4, -0.2) is 42.4 Å². The number of carbonyl (C=O) groups is 1. The molecule has 0 fully saturated rings. The SMILES string of the molecule is Nc1nonc1-n1nnc(C(=O)N/N=C\c2ccccc2)c1CSc1nc2ccccc2s1. The lowest BCUT2D eigenvalue weighted by Gasteiger charge is -2.04. The first kappa shape index (κ1) is 20.8. The predicted molar refractivity (Wildman–Crippen MR) is 124 cm³/mol. The van der Waals surface area contributed by atoms with E-state index in [1.54, 1.807) is 11.3 Å². The maximum Gasteiger partial charge on any atom is 0.293 e. The third-order valence-corrected chi connectivity index (χ3v) is 6.65. The average Bonchev–Trinajstić information content (AvgIpc) is 3.55. The molecule has 0 radical (unpaired) electrons. The molecule has 0 aliphatic carbocycles. The van der Waals surface area contributed by atoms with Crippen LogP contribution in [0.15, 0.2) is 68.7 Å². The summed E-state index contributed by atoms with van der Waals surface area (Å²) in [5, 5.41) is 19.4. The molecule has 3 aromatic heterocycles. The van der Waals surface area contributed by atoms with Crippen molar-refractivity contribution in [1.29, 1.82) is 0 Å². The minimum absolute atomic E-state index is 0.0280. The van der Waals surface area contributed by atoms with E-state index >= 15 is 0 Å². The van der Waals surface area contributed by atoms with Gasteiger partial charge < -0.3 is 5.73 Å². The van der Waals surface area contributed by atoms with Gasteiger partial charge in [-0.3, -0.25) is 4.79 Å². The molecule has 0 aliphatic rings. The lowest BCUT2D eigenvalue weighted by atomic mass is 10.2. The Labute approximate surface area is 194 Å². The predicted octanol–water partition coefficient (Wildman–Crippen LogP) is 2.90. The van der Waals surface area contributed by atoms with Gasteiger partial charge in [-0.25, -0.2) is 15.0 Å². The molecule has 0 aliphatic heterocycles. The molecule has 3 N–H and O–H groups in total. The summed E-state index contributed by atoms with van der Waals surface area (Å²) in [5.41, 5.74) is 10.6. The van der Waals surface area contributed by atoms with Crippen LogP contribution in [0.2, 0.25) is 0 Å². The Morgan fingerprint density at radius 2 is 2.00 bits per heavy atom. The minimum atomic E-state index is -0.525. The molecule has 0 unspecified atom stereocenters. The van der Waals surface area contributed by atoms with E-state index in [0.29, 0.717) is 11.4 Å². The van der Waals surface area contributed by atoms with Crippen molar-refractivity contribution in [2.75, 3.05) is 5.73 Å². The normalized spacial score (nSPS) is 11.4. The molecule has 13 heteroatoms. The monoisotopic (exact) mass is 477 g/mol. The summed E-state index contributed by atoms with van der Waals surface area (Å²) in [7, 11) is 0. The fourth-order valence-corrected chi connectivity index (χ4v) is 4.98. The van der Waals surface area contributed by atoms with E-state index in [1.165, 1.54) is 22.7 Å². The fourth-order valence-electron chi connectivity index (χ4n) is 2.92. The number of hydrogen-bond donors (Lipinski definition) is 2. The van der Waals surface area contributed by atoms with Crippen LogP contribution >= 0.6 is 23.1 Å². The number of rotatable bonds is 7. The highest BCUT2D eigenvalue weighted by Crippen LogP contribution is 2.32. The van der Waals surface area contributed by atoms with Crippen molar-refractivity contribution in [1.82, 2.24) is 35.7 Å². The topological polar surface area (TPSA) is 150 Å². The van der Waals surface area contributed by atoms with Crippen LogP contribution in [0.25, 0.3) is 16.0 Å². The van der Waals surface area contributed by atoms with E-state index in [1.807, 2.05) is 54.6 Å². The summed E-state index contributed by atoms with van der Waals surface area (Å²) in [6.45, 7) is 0. The van der Waals surface area contributed by atoms with Gasteiger partial charge in [-0.05, 0) is 28.0 Å². The molecule has 1 amide bonds. The number of thiazole rings is 1. The number of benzene rings is 2. The molecule has 3 heterocycles. The van der Waals surface area contributed by atoms with Gasteiger partial charge in [-0.15, -0.1) is 16.4 Å². The van der Waals surface area contributed by atoms with Crippen LogP contribution in [0, 0.1) is 0 Å². The van der Waals surface area contributed by atoms with Crippen molar-refractivity contribution >= 4 is 51.3 Å². The van der Waals surface area contributed by atoms with Gasteiger partial charge in [0.15, 0.2) is 10.0 Å². The van der Waals surface area contributed by atoms with E-state index < -0.39 is 5.91 Å². The van der Waals surface area contributed by atoms with Crippen LogP contribution in [0.1, 0.15) is 21.7 Å². The van der Waals surface area contributed by atoms with E-state index in [0.717, 1.165) is 20.1 Å². The number of para-hydroxylation sites is 1. The van der Waals surface area contributed by atoms with E-state index in [2.05, 4.69) is 40.8 Å². The second-order valence-electron chi connectivity index (χ2n) is 6.62. The number of anilines is 1. The first-order valence-corrected chi connectivity index (χ1v) is 11.4. The molecular weight excluding hydrogens is 462 g/mol. The second kappa shape index (κ2) is 9.18. The molecule has 0 saturated heterocycles. The number of hydrazone groups is 1. The van der Waals surface area contributed by atoms with Gasteiger partial charge in [-0.1, -0.05) is 59.4 Å². The number of nitrogens with zero attached hydrogens (tertiary/aromatic N) is 7. The smallest absolute Gasteiger partial charge is 0.293 e. The molecule has 0 bridgehead atoms. The highest BCUT2D eigenvalue weighted by Gasteiger charge is 2.24. The summed E-state index contributed by atoms with van der Waals surface area (Å²) in [4.78, 5) is 17.4. The summed E-state index contributed by atoms with van der Waals surface area (Å²) in [5.74, 6) is -0.0256. The Morgan fingerprint density at radius 1 is 1.18 bits per heavy atom. The van der Waals surface area contributed by atoms with Crippen molar-refractivity contribution in [2.45, 2.75) is 10.1 Å². The summed E-state index contributed by atoms with van der Waals surface area (Å²) < 4.78 is 7.93. The highest BCUT2D eigenvalue weighted by atomic mass is 32.2. The van der Waals surface area contributed by atoms with Crippen molar-refractivity contribution in [3.63, 3.8) is 0 Å². The average molecular weight is 478 g/mol. The van der Waals surface area contributed by atoms with Crippen LogP contribution in [0.4, 0.5) is 5.82 Å². The number of amides is 1. The van der Waals surface area contributed by atoms with Gasteiger partial charge >= 0.3 is 0 Å². The Morgan fingerprint density at radius 3 is 2.79 bits per heavy atom. The third-order valence-electron chi connectivity index (χ3n) is 4.46. The fraction of sp³-hybridized carbons (Fsp3) is 0.0500. The van der Waals surface area contributed by atoms with Crippen LogP contribution in [-0.2, 0) is 5.75 Å². The second-order valence-corrected chi connectivity index (χ2v) is 8.87. The van der Waals surface area contributed by atoms with E-state index in [4.69, 9.17) is 5.73 Å². The van der Waals surface area contributed by atoms with Crippen molar-refractivity contribution in [3.05, 3.63) is 71.5 Å². The molecule has 5 rings (SSSR count). The van der Waals surface area contributed by atoms with Gasteiger partial charge in [0.25, 0.3) is 5.91 Å². The van der Waals surface area contributed by atoms with Crippen molar-refractivity contribution in [2.24, 2.45) is 5.10 Å². The number of hydrogen-bond acceptors (Lipinski definition) is 11. The summed E-state index contributed by atoms with van der Waals surface area (Å²) in [6, 6.07) is 17.3. The van der Waals surface area contributed by atoms with Crippen molar-refractivity contribution in [3.8, 4) is 5.82 Å². The zero-order chi connectivity index (χ0) is 22.6. The van der Waals surface area contributed by atoms with Crippen LogP contribution in [0.5, 0.6) is 0 Å². The zero-order valence-electron chi connectivity index (χ0n) is 16.8. The van der Waals surface area contributed by atoms with Gasteiger partial charge in [0.1, 0.15) is 0 Å². The first-order chi connectivity index (χ1) is 16.2. The highest BCUT2D eigenvalue weighted by molar-refractivity contribution is 8.00. The molecule has 164 valence electrons. The maximum atomic E-state index is 12.8. The Hall–Kier alpha value is -4.10. The zero-order valence-corrected chi connectivity index (χ0v) is 18.5. The lowest BCUT2D eigenvalue weighted by molar-refractivity contribution is 0.0949.